The Kier molecular flexibility index (Phi) is 15.2. The number of carbonyl (C=O) groups excluding carboxylic acids is 2. The number of nitrogens with zero attached hydrogens (tertiary/aromatic N) is 1. The molecular weight excluding hydrogens is 510 g/mol. The zero-order valence-corrected chi connectivity index (χ0v) is 24.8. The first-order chi connectivity index (χ1) is 17.8. The van der Waals surface area contributed by atoms with Gasteiger partial charge in [-0.1, -0.05) is 46.8 Å². The fraction of sp³-hybridized carbons (Fsp3) is 0.714. The molecule has 0 heterocycles. The van der Waals surface area contributed by atoms with Gasteiger partial charge in [-0.25, -0.2) is 0 Å². The van der Waals surface area contributed by atoms with Crippen LogP contribution in [0.2, 0.25) is 0 Å². The van der Waals surface area contributed by atoms with Crippen molar-refractivity contribution < 1.29 is 28.9 Å². The molecule has 0 aliphatic rings. The van der Waals surface area contributed by atoms with Crippen molar-refractivity contribution >= 4 is 23.6 Å². The first-order valence-corrected chi connectivity index (χ1v) is 13.6. The molecule has 4 N–H and O–H groups in total. The summed E-state index contributed by atoms with van der Waals surface area (Å²) in [7, 11) is 3.14. The van der Waals surface area contributed by atoms with Gasteiger partial charge in [-0.3, -0.25) is 14.0 Å². The van der Waals surface area contributed by atoms with Crippen LogP contribution in [0.4, 0.5) is 0 Å². The first-order valence-electron chi connectivity index (χ1n) is 13.3. The van der Waals surface area contributed by atoms with Crippen molar-refractivity contribution in [3.8, 4) is 5.75 Å². The fourth-order valence-electron chi connectivity index (χ4n) is 4.09. The van der Waals surface area contributed by atoms with E-state index in [-0.39, 0.29) is 36.7 Å². The lowest BCUT2D eigenvalue weighted by Gasteiger charge is -2.31. The van der Waals surface area contributed by atoms with Gasteiger partial charge in [0.1, 0.15) is 11.9 Å². The van der Waals surface area contributed by atoms with Gasteiger partial charge in [0.15, 0.2) is 0 Å². The van der Waals surface area contributed by atoms with Crippen LogP contribution in [-0.2, 0) is 14.3 Å². The number of hydrogen-bond donors (Lipinski definition) is 3. The highest BCUT2D eigenvalue weighted by Crippen LogP contribution is 2.25. The Morgan fingerprint density at radius 3 is 2.34 bits per heavy atom. The predicted octanol–water partition coefficient (Wildman–Crippen LogP) is 3.62. The van der Waals surface area contributed by atoms with Gasteiger partial charge < -0.3 is 30.4 Å². The number of aliphatic hydroxyl groups is 1. The number of nitrogens with two attached hydrogens (primary N) is 1. The number of methoxy groups -OCH3 is 2. The zero-order chi connectivity index (χ0) is 28.9. The minimum absolute atomic E-state index is 0.000625. The summed E-state index contributed by atoms with van der Waals surface area (Å²) in [5.41, 5.74) is 6.30. The molecule has 0 aliphatic heterocycles. The van der Waals surface area contributed by atoms with E-state index in [9.17, 15) is 14.7 Å². The summed E-state index contributed by atoms with van der Waals surface area (Å²) >= 11 is 6.48. The monoisotopic (exact) mass is 557 g/mol. The van der Waals surface area contributed by atoms with Gasteiger partial charge in [0.05, 0.1) is 18.3 Å². The second kappa shape index (κ2) is 16.9. The molecule has 218 valence electrons. The molecular formula is C28H48ClN3O6. The van der Waals surface area contributed by atoms with Gasteiger partial charge in [-0.2, -0.15) is 0 Å². The van der Waals surface area contributed by atoms with Gasteiger partial charge in [0.2, 0.25) is 5.91 Å². The van der Waals surface area contributed by atoms with E-state index in [1.54, 1.807) is 25.3 Å². The lowest BCUT2D eigenvalue weighted by Crippen LogP contribution is -2.50. The SMILES string of the molecule is COCCCCOc1ccccc1C(=O)N(Cl)C[C@@H](C[C@H](N)[C@@H](O)CNC(=O)[C@H](OC)C(C)(C)C)C(C)C. The van der Waals surface area contributed by atoms with Gasteiger partial charge >= 0.3 is 0 Å². The number of para-hydroxylation sites is 1. The number of unbranched alkanes of at least 4 members (excludes halogenated alkanes) is 1. The highest BCUT2D eigenvalue weighted by molar-refractivity contribution is 6.24. The summed E-state index contributed by atoms with van der Waals surface area (Å²) in [5, 5.41) is 13.4. The number of benzene rings is 1. The Bertz CT molecular complexity index is 848. The Labute approximate surface area is 233 Å². The molecule has 0 unspecified atom stereocenters. The average Bonchev–Trinajstić information content (AvgIpc) is 2.85. The molecule has 1 aromatic rings. The van der Waals surface area contributed by atoms with Crippen LogP contribution in [-0.4, -0.2) is 80.1 Å². The topological polar surface area (TPSA) is 123 Å². The number of hydrogen-bond acceptors (Lipinski definition) is 7. The number of halogens is 1. The minimum Gasteiger partial charge on any atom is -0.493 e. The Morgan fingerprint density at radius 2 is 1.76 bits per heavy atom. The van der Waals surface area contributed by atoms with E-state index in [1.165, 1.54) is 7.11 Å². The van der Waals surface area contributed by atoms with Crippen molar-refractivity contribution in [3.63, 3.8) is 0 Å². The van der Waals surface area contributed by atoms with E-state index < -0.39 is 23.7 Å². The minimum atomic E-state index is -0.968. The largest absolute Gasteiger partial charge is 0.493 e. The number of amides is 2. The van der Waals surface area contributed by atoms with Gasteiger partial charge in [0, 0.05) is 51.7 Å². The summed E-state index contributed by atoms with van der Waals surface area (Å²) < 4.78 is 17.4. The van der Waals surface area contributed by atoms with Crippen LogP contribution in [0.3, 0.4) is 0 Å². The Balaban J connectivity index is 2.74. The average molecular weight is 558 g/mol. The molecule has 10 heteroatoms. The molecule has 4 atom stereocenters. The molecule has 1 aromatic carbocycles. The molecule has 0 aromatic heterocycles. The molecule has 0 spiro atoms. The van der Waals surface area contributed by atoms with Crippen molar-refractivity contribution in [3.05, 3.63) is 29.8 Å². The number of carbonyl (C=O) groups is 2. The number of rotatable bonds is 17. The van der Waals surface area contributed by atoms with Crippen LogP contribution in [0.15, 0.2) is 24.3 Å². The van der Waals surface area contributed by atoms with E-state index in [0.29, 0.717) is 30.9 Å². The van der Waals surface area contributed by atoms with Gasteiger partial charge in [-0.05, 0) is 48.6 Å². The highest BCUT2D eigenvalue weighted by Gasteiger charge is 2.32. The van der Waals surface area contributed by atoms with Crippen molar-refractivity contribution in [2.24, 2.45) is 23.0 Å². The molecule has 0 radical (unpaired) electrons. The third kappa shape index (κ3) is 11.5. The summed E-state index contributed by atoms with van der Waals surface area (Å²) in [6.07, 6.45) is 0.463. The molecule has 0 saturated carbocycles. The molecule has 1 rings (SSSR count). The van der Waals surface area contributed by atoms with E-state index in [1.807, 2.05) is 40.7 Å². The summed E-state index contributed by atoms with van der Waals surface area (Å²) in [5.74, 6) is -0.125. The van der Waals surface area contributed by atoms with E-state index in [4.69, 9.17) is 31.7 Å². The van der Waals surface area contributed by atoms with E-state index in [2.05, 4.69) is 5.32 Å². The van der Waals surface area contributed by atoms with Crippen LogP contribution in [0.25, 0.3) is 0 Å². The maximum atomic E-state index is 13.2. The second-order valence-corrected chi connectivity index (χ2v) is 11.5. The molecule has 9 nitrogen and oxygen atoms in total. The Hall–Kier alpha value is -1.91. The third-order valence-electron chi connectivity index (χ3n) is 6.49. The maximum Gasteiger partial charge on any atom is 0.271 e. The summed E-state index contributed by atoms with van der Waals surface area (Å²) in [6.45, 7) is 11.1. The van der Waals surface area contributed by atoms with Crippen molar-refractivity contribution in [1.82, 2.24) is 9.74 Å². The third-order valence-corrected chi connectivity index (χ3v) is 6.78. The highest BCUT2D eigenvalue weighted by atomic mass is 35.5. The van der Waals surface area contributed by atoms with Crippen molar-refractivity contribution in [1.29, 1.82) is 0 Å². The normalized spacial score (nSPS) is 15.0. The van der Waals surface area contributed by atoms with Crippen molar-refractivity contribution in [2.75, 3.05) is 40.5 Å². The first kappa shape index (κ1) is 34.1. The van der Waals surface area contributed by atoms with Crippen LogP contribution < -0.4 is 15.8 Å². The molecule has 0 aliphatic carbocycles. The number of nitrogens with one attached hydrogen (secondary N) is 1. The van der Waals surface area contributed by atoms with Crippen molar-refractivity contribution in [2.45, 2.75) is 72.1 Å². The number of aliphatic hydroxyl groups excluding tert-OH is 1. The maximum absolute atomic E-state index is 13.2. The lowest BCUT2D eigenvalue weighted by molar-refractivity contribution is -0.137. The van der Waals surface area contributed by atoms with Crippen LogP contribution in [0.5, 0.6) is 5.75 Å². The molecule has 0 bridgehead atoms. The van der Waals surface area contributed by atoms with Crippen LogP contribution >= 0.6 is 11.8 Å². The van der Waals surface area contributed by atoms with Gasteiger partial charge in [-0.15, -0.1) is 0 Å². The summed E-state index contributed by atoms with van der Waals surface area (Å²) in [4.78, 5) is 25.7. The second-order valence-electron chi connectivity index (χ2n) is 11.1. The smallest absolute Gasteiger partial charge is 0.271 e. The fourth-order valence-corrected chi connectivity index (χ4v) is 4.35. The van der Waals surface area contributed by atoms with E-state index in [0.717, 1.165) is 17.3 Å². The standard InChI is InChI=1S/C28H48ClN3O6/c1-19(2)20(16-22(30)23(33)17-31-26(34)25(37-7)28(3,4)5)18-32(29)27(35)21-12-8-9-13-24(21)38-15-11-10-14-36-6/h8-9,12-13,19-20,22-23,25,33H,10-11,14-18,30H2,1-7H3,(H,31,34)/t20-,22+,23+,25+/m1/s1. The lowest BCUT2D eigenvalue weighted by atomic mass is 9.87. The van der Waals surface area contributed by atoms with E-state index >= 15 is 0 Å². The Morgan fingerprint density at radius 1 is 1.13 bits per heavy atom. The van der Waals surface area contributed by atoms with Crippen LogP contribution in [0, 0.1) is 17.3 Å². The van der Waals surface area contributed by atoms with Gasteiger partial charge in [0.25, 0.3) is 5.91 Å². The van der Waals surface area contributed by atoms with Crippen LogP contribution in [0.1, 0.15) is 64.2 Å². The quantitative estimate of drug-likeness (QED) is 0.197. The predicted molar refractivity (Wildman–Crippen MR) is 150 cm³/mol. The summed E-state index contributed by atoms with van der Waals surface area (Å²) in [6, 6.07) is 6.40. The molecule has 38 heavy (non-hydrogen) atoms. The molecule has 0 saturated heterocycles. The molecule has 2 amide bonds. The number of ether oxygens (including phenoxy) is 3. The molecule has 0 fully saturated rings. The zero-order valence-electron chi connectivity index (χ0n) is 24.0.